The number of nitrogens with one attached hydrogen (secondary N) is 3. The van der Waals surface area contributed by atoms with Gasteiger partial charge < -0.3 is 14.8 Å². The molecule has 0 radical (unpaired) electrons. The van der Waals surface area contributed by atoms with Gasteiger partial charge in [0.25, 0.3) is 0 Å². The van der Waals surface area contributed by atoms with Gasteiger partial charge in [-0.05, 0) is 18.6 Å². The summed E-state index contributed by atoms with van der Waals surface area (Å²) >= 11 is 0. The van der Waals surface area contributed by atoms with Crippen LogP contribution in [0.3, 0.4) is 0 Å². The van der Waals surface area contributed by atoms with Crippen molar-refractivity contribution in [1.82, 2.24) is 10.9 Å². The Bertz CT molecular complexity index is 522. The molecule has 1 atom stereocenters. The molecular formula is C12H13N3O4. The third-order valence-corrected chi connectivity index (χ3v) is 3.00. The fourth-order valence-electron chi connectivity index (χ4n) is 1.98. The second kappa shape index (κ2) is 4.77. The first-order valence-electron chi connectivity index (χ1n) is 5.97. The average molecular weight is 263 g/mol. The van der Waals surface area contributed by atoms with Crippen LogP contribution in [0.5, 0.6) is 11.5 Å². The standard InChI is InChI=1S/C12H13N3O4/c16-11-4-2-8(14-15-11)12(17)13-7-1-3-9-10(5-7)19-6-18-9/h1,3,5,8,14H,2,4,6H2,(H,13,17)(H,15,16). The number of carbonyl (C=O) groups excluding carboxylic acids is 2. The van der Waals surface area contributed by atoms with Crippen LogP contribution in [0.4, 0.5) is 5.69 Å². The van der Waals surface area contributed by atoms with Gasteiger partial charge in [0.1, 0.15) is 6.04 Å². The highest BCUT2D eigenvalue weighted by molar-refractivity contribution is 5.96. The fourth-order valence-corrected chi connectivity index (χ4v) is 1.98. The molecule has 3 N–H and O–H groups in total. The maximum absolute atomic E-state index is 12.0. The minimum Gasteiger partial charge on any atom is -0.454 e. The summed E-state index contributed by atoms with van der Waals surface area (Å²) in [6, 6.07) is 4.77. The molecular weight excluding hydrogens is 250 g/mol. The molecule has 0 spiro atoms. The van der Waals surface area contributed by atoms with Crippen LogP contribution in [-0.2, 0) is 9.59 Å². The number of hydrogen-bond acceptors (Lipinski definition) is 5. The Hall–Kier alpha value is -2.28. The minimum absolute atomic E-state index is 0.105. The van der Waals surface area contributed by atoms with Gasteiger partial charge in [0.15, 0.2) is 11.5 Å². The zero-order valence-electron chi connectivity index (χ0n) is 10.1. The first kappa shape index (κ1) is 11.8. The van der Waals surface area contributed by atoms with Gasteiger partial charge in [-0.3, -0.25) is 15.0 Å². The van der Waals surface area contributed by atoms with Crippen LogP contribution in [0.15, 0.2) is 18.2 Å². The lowest BCUT2D eigenvalue weighted by Crippen LogP contribution is -2.54. The Morgan fingerprint density at radius 2 is 2.16 bits per heavy atom. The Kier molecular flexibility index (Phi) is 2.96. The second-order valence-electron chi connectivity index (χ2n) is 4.34. The van der Waals surface area contributed by atoms with Crippen molar-refractivity contribution in [2.75, 3.05) is 12.1 Å². The molecule has 100 valence electrons. The van der Waals surface area contributed by atoms with Crippen LogP contribution >= 0.6 is 0 Å². The van der Waals surface area contributed by atoms with Gasteiger partial charge >= 0.3 is 0 Å². The van der Waals surface area contributed by atoms with Crippen LogP contribution in [-0.4, -0.2) is 24.6 Å². The summed E-state index contributed by atoms with van der Waals surface area (Å²) < 4.78 is 10.4. The minimum atomic E-state index is -0.428. The summed E-state index contributed by atoms with van der Waals surface area (Å²) in [5, 5.41) is 2.77. The van der Waals surface area contributed by atoms with E-state index in [4.69, 9.17) is 9.47 Å². The van der Waals surface area contributed by atoms with Crippen molar-refractivity contribution in [2.24, 2.45) is 0 Å². The topological polar surface area (TPSA) is 88.7 Å². The normalized spacial score (nSPS) is 20.8. The van der Waals surface area contributed by atoms with Crippen LogP contribution < -0.4 is 25.6 Å². The number of rotatable bonds is 2. The van der Waals surface area contributed by atoms with Gasteiger partial charge in [-0.1, -0.05) is 0 Å². The Morgan fingerprint density at radius 3 is 2.95 bits per heavy atom. The monoisotopic (exact) mass is 263 g/mol. The summed E-state index contributed by atoms with van der Waals surface area (Å²) in [4.78, 5) is 23.0. The van der Waals surface area contributed by atoms with E-state index in [1.54, 1.807) is 18.2 Å². The maximum Gasteiger partial charge on any atom is 0.243 e. The van der Waals surface area contributed by atoms with Gasteiger partial charge in [-0.2, -0.15) is 0 Å². The van der Waals surface area contributed by atoms with Crippen molar-refractivity contribution in [3.05, 3.63) is 18.2 Å². The average Bonchev–Trinajstić information content (AvgIpc) is 2.87. The summed E-state index contributed by atoms with van der Waals surface area (Å²) in [5.41, 5.74) is 5.75. The number of hydrazine groups is 1. The van der Waals surface area contributed by atoms with Crippen molar-refractivity contribution in [3.63, 3.8) is 0 Å². The molecule has 1 saturated heterocycles. The van der Waals surface area contributed by atoms with E-state index in [1.165, 1.54) is 0 Å². The number of ether oxygens (including phenoxy) is 2. The van der Waals surface area contributed by atoms with Crippen molar-refractivity contribution in [3.8, 4) is 11.5 Å². The third kappa shape index (κ3) is 2.45. The molecule has 2 heterocycles. The van der Waals surface area contributed by atoms with Crippen LogP contribution in [0, 0.1) is 0 Å². The Balaban J connectivity index is 1.64. The highest BCUT2D eigenvalue weighted by Gasteiger charge is 2.24. The van der Waals surface area contributed by atoms with Gasteiger partial charge in [0.2, 0.25) is 18.6 Å². The molecule has 1 fully saturated rings. The van der Waals surface area contributed by atoms with Crippen molar-refractivity contribution < 1.29 is 19.1 Å². The van der Waals surface area contributed by atoms with E-state index in [0.717, 1.165) is 0 Å². The molecule has 1 aromatic rings. The smallest absolute Gasteiger partial charge is 0.243 e. The molecule has 7 nitrogen and oxygen atoms in total. The van der Waals surface area contributed by atoms with Crippen LogP contribution in [0.2, 0.25) is 0 Å². The van der Waals surface area contributed by atoms with Gasteiger partial charge in [-0.25, -0.2) is 5.43 Å². The molecule has 1 aromatic carbocycles. The first-order valence-corrected chi connectivity index (χ1v) is 5.97. The van der Waals surface area contributed by atoms with E-state index >= 15 is 0 Å². The number of amides is 2. The zero-order valence-corrected chi connectivity index (χ0v) is 10.1. The Morgan fingerprint density at radius 1 is 1.32 bits per heavy atom. The Labute approximate surface area is 109 Å². The third-order valence-electron chi connectivity index (χ3n) is 3.00. The van der Waals surface area contributed by atoms with Crippen molar-refractivity contribution in [2.45, 2.75) is 18.9 Å². The molecule has 3 rings (SSSR count). The lowest BCUT2D eigenvalue weighted by atomic mass is 10.1. The molecule has 0 aromatic heterocycles. The SMILES string of the molecule is O=C1CCC(C(=O)Nc2ccc3c(c2)OCO3)NN1. The molecule has 0 saturated carbocycles. The number of fused-ring (bicyclic) bond motifs is 1. The summed E-state index contributed by atoms with van der Waals surface area (Å²) in [5.74, 6) is 0.981. The largest absolute Gasteiger partial charge is 0.454 e. The molecule has 0 bridgehead atoms. The van der Waals surface area contributed by atoms with E-state index in [9.17, 15) is 9.59 Å². The second-order valence-corrected chi connectivity index (χ2v) is 4.34. The molecule has 2 aliphatic heterocycles. The molecule has 2 amide bonds. The van der Waals surface area contributed by atoms with E-state index in [0.29, 0.717) is 30.0 Å². The molecule has 1 unspecified atom stereocenters. The molecule has 19 heavy (non-hydrogen) atoms. The summed E-state index contributed by atoms with van der Waals surface area (Å²) in [6.45, 7) is 0.197. The number of carbonyl (C=O) groups is 2. The predicted molar refractivity (Wildman–Crippen MR) is 65.5 cm³/mol. The molecule has 7 heteroatoms. The lowest BCUT2D eigenvalue weighted by Gasteiger charge is -2.22. The lowest BCUT2D eigenvalue weighted by molar-refractivity contribution is -0.126. The van der Waals surface area contributed by atoms with E-state index in [-0.39, 0.29) is 18.6 Å². The van der Waals surface area contributed by atoms with Crippen molar-refractivity contribution in [1.29, 1.82) is 0 Å². The maximum atomic E-state index is 12.0. The highest BCUT2D eigenvalue weighted by atomic mass is 16.7. The zero-order chi connectivity index (χ0) is 13.2. The quantitative estimate of drug-likeness (QED) is 0.706. The highest BCUT2D eigenvalue weighted by Crippen LogP contribution is 2.34. The number of hydrogen-bond donors (Lipinski definition) is 3. The van der Waals surface area contributed by atoms with Crippen LogP contribution in [0.1, 0.15) is 12.8 Å². The van der Waals surface area contributed by atoms with Gasteiger partial charge in [0.05, 0.1) is 0 Å². The number of anilines is 1. The van der Waals surface area contributed by atoms with Gasteiger partial charge in [0, 0.05) is 18.2 Å². The van der Waals surface area contributed by atoms with Gasteiger partial charge in [-0.15, -0.1) is 0 Å². The molecule has 2 aliphatic rings. The van der Waals surface area contributed by atoms with E-state index in [1.807, 2.05) is 0 Å². The van der Waals surface area contributed by atoms with Crippen LogP contribution in [0.25, 0.3) is 0 Å². The predicted octanol–water partition coefficient (Wildman–Crippen LogP) is 0.137. The van der Waals surface area contributed by atoms with E-state index < -0.39 is 6.04 Å². The summed E-state index contributed by atoms with van der Waals surface area (Å²) in [7, 11) is 0. The summed E-state index contributed by atoms with van der Waals surface area (Å²) in [6.07, 6.45) is 0.814. The number of benzene rings is 1. The first-order chi connectivity index (χ1) is 9.22. The van der Waals surface area contributed by atoms with E-state index in [2.05, 4.69) is 16.2 Å². The fraction of sp³-hybridized carbons (Fsp3) is 0.333. The van der Waals surface area contributed by atoms with Crippen molar-refractivity contribution >= 4 is 17.5 Å². The molecule has 0 aliphatic carbocycles.